The molecule has 0 atom stereocenters. The van der Waals surface area contributed by atoms with Crippen LogP contribution in [0.3, 0.4) is 0 Å². The van der Waals surface area contributed by atoms with Crippen LogP contribution in [-0.2, 0) is 11.8 Å². The first-order valence-corrected chi connectivity index (χ1v) is 29.4. The Balaban J connectivity index is 0.000000142. The third-order valence-corrected chi connectivity index (χ3v) is 14.1. The molecule has 13 rings (SSSR count). The molecule has 9 heterocycles. The van der Waals surface area contributed by atoms with Gasteiger partial charge in [0, 0.05) is 110 Å². The molecule has 0 aliphatic heterocycles. The highest BCUT2D eigenvalue weighted by Gasteiger charge is 2.25. The van der Waals surface area contributed by atoms with Gasteiger partial charge in [0.15, 0.2) is 0 Å². The fourth-order valence-corrected chi connectivity index (χ4v) is 9.71. The van der Waals surface area contributed by atoms with E-state index >= 15 is 0 Å². The van der Waals surface area contributed by atoms with Crippen molar-refractivity contribution in [1.29, 1.82) is 0 Å². The van der Waals surface area contributed by atoms with Crippen LogP contribution in [0.1, 0.15) is 51.0 Å². The maximum atomic E-state index is 14.5. The highest BCUT2D eigenvalue weighted by atomic mass is 19.1. The SMILES string of the molecule is CCNC(=O)Nc1nc2c(-c3cc(OCC)ccn3)cc(-c3ccn(C)c(=O)c3)cc2[nH]1.CCNC(=O)Nc1nc2c(-c3ncccc3F)cc(-c3cccnc3)cc2[nH]1.CCOC(=O)Nc1nc2c(-c3ccccn3)cc(-n3cnc(C(=O)NC4CC4)c3)cc2[nH]1. The standard InChI is InChI=1S/C23H24N6O3.C22H21N7O3.C20H17FN6O/c1-4-24-23(31)28-22-26-19-11-15(14-7-9-29(3)20(30)12-14)10-17(21(19)27-22)18-13-16(32-5-2)6-8-25-18;1-2-32-22(31)28-21-26-17-10-14(9-15(19(17)27-21)16-5-3-4-8-23-16)29-11-18(24-12-29)20(30)25-13-6-7-13;1-2-23-20(28)27-19-25-16-10-13(12-5-3-7-22-11-12)9-14(18(16)26-19)17-15(21)6-4-8-24-17/h6-13H,4-5H2,1-3H3,(H3,24,26,27,28,31);3-5,8-13H,2,6-7H2,1H3,(H,25,30)(H2,26,27,28,31);3-11H,2H2,1H3,(H3,23,25,26,27,28). The van der Waals surface area contributed by atoms with E-state index < -0.39 is 11.9 Å². The highest BCUT2D eigenvalue weighted by Crippen LogP contribution is 2.37. The number of urea groups is 2. The van der Waals surface area contributed by atoms with E-state index in [2.05, 4.69) is 86.7 Å². The Morgan fingerprint density at radius 1 is 0.620 bits per heavy atom. The quantitative estimate of drug-likeness (QED) is 0.0434. The highest BCUT2D eigenvalue weighted by molar-refractivity contribution is 6.00. The van der Waals surface area contributed by atoms with Gasteiger partial charge in [0.2, 0.25) is 17.8 Å². The average Bonchev–Trinajstić information content (AvgIpc) is 1.63. The van der Waals surface area contributed by atoms with Gasteiger partial charge in [-0.2, -0.15) is 0 Å². The number of carbonyl (C=O) groups excluding carboxylic acids is 4. The van der Waals surface area contributed by atoms with Gasteiger partial charge >= 0.3 is 18.2 Å². The van der Waals surface area contributed by atoms with Gasteiger partial charge in [-0.15, -0.1) is 0 Å². The van der Waals surface area contributed by atoms with E-state index in [-0.39, 0.29) is 53.8 Å². The summed E-state index contributed by atoms with van der Waals surface area (Å²) in [5.41, 5.74) is 11.8. The number of aromatic amines is 3. The van der Waals surface area contributed by atoms with E-state index in [0.29, 0.717) is 81.4 Å². The third kappa shape index (κ3) is 14.5. The summed E-state index contributed by atoms with van der Waals surface area (Å²) in [6, 6.07) is 30.2. The molecule has 466 valence electrons. The Labute approximate surface area is 524 Å². The number of nitrogens with one attached hydrogen (secondary N) is 9. The van der Waals surface area contributed by atoms with Crippen molar-refractivity contribution in [3.8, 4) is 67.5 Å². The molecule has 0 unspecified atom stereocenters. The molecule has 0 spiro atoms. The summed E-state index contributed by atoms with van der Waals surface area (Å²) >= 11 is 0. The van der Waals surface area contributed by atoms with Crippen molar-refractivity contribution in [3.63, 3.8) is 0 Å². The van der Waals surface area contributed by atoms with E-state index in [1.165, 1.54) is 22.9 Å². The van der Waals surface area contributed by atoms with Crippen molar-refractivity contribution in [1.82, 2.24) is 79.9 Å². The first kappa shape index (κ1) is 61.5. The second-order valence-electron chi connectivity index (χ2n) is 20.7. The van der Waals surface area contributed by atoms with E-state index in [4.69, 9.17) is 9.47 Å². The molecule has 1 saturated carbocycles. The van der Waals surface area contributed by atoms with Crippen LogP contribution in [0, 0.1) is 5.82 Å². The lowest BCUT2D eigenvalue weighted by atomic mass is 10.0. The van der Waals surface area contributed by atoms with Crippen molar-refractivity contribution < 1.29 is 33.0 Å². The van der Waals surface area contributed by atoms with Gasteiger partial charge in [0.05, 0.1) is 46.7 Å². The number of H-pyrrole nitrogens is 3. The summed E-state index contributed by atoms with van der Waals surface area (Å²) in [5.74, 6) is 0.910. The average molecular weight is 1240 g/mol. The number of carbonyl (C=O) groups is 4. The van der Waals surface area contributed by atoms with E-state index in [0.717, 1.165) is 57.6 Å². The number of benzene rings is 3. The van der Waals surface area contributed by atoms with Gasteiger partial charge in [-0.3, -0.25) is 45.5 Å². The molecule has 92 heavy (non-hydrogen) atoms. The fourth-order valence-electron chi connectivity index (χ4n) is 9.71. The van der Waals surface area contributed by atoms with Crippen LogP contribution in [0.25, 0.3) is 94.8 Å². The lowest BCUT2D eigenvalue weighted by Crippen LogP contribution is -2.28. The number of imidazole rings is 4. The molecule has 6 amide bonds. The van der Waals surface area contributed by atoms with E-state index in [1.54, 1.807) is 74.2 Å². The van der Waals surface area contributed by atoms with Crippen LogP contribution >= 0.6 is 0 Å². The number of ether oxygens (including phenoxy) is 2. The van der Waals surface area contributed by atoms with Crippen LogP contribution in [-0.4, -0.2) is 120 Å². The molecule has 1 fully saturated rings. The summed E-state index contributed by atoms with van der Waals surface area (Å²) < 4.78 is 28.3. The van der Waals surface area contributed by atoms with Crippen molar-refractivity contribution in [3.05, 3.63) is 175 Å². The number of amides is 6. The molecule has 12 aromatic rings. The van der Waals surface area contributed by atoms with Gasteiger partial charge in [-0.05, 0) is 136 Å². The fraction of sp³-hybridized carbons (Fsp3) is 0.185. The first-order chi connectivity index (χ1) is 44.7. The molecule has 26 nitrogen and oxygen atoms in total. The number of hydrogen-bond acceptors (Lipinski definition) is 15. The van der Waals surface area contributed by atoms with Gasteiger partial charge in [0.25, 0.3) is 11.5 Å². The zero-order valence-corrected chi connectivity index (χ0v) is 50.5. The van der Waals surface area contributed by atoms with Crippen LogP contribution in [0.15, 0.2) is 158 Å². The van der Waals surface area contributed by atoms with Crippen LogP contribution in [0.5, 0.6) is 5.75 Å². The van der Waals surface area contributed by atoms with Gasteiger partial charge in [-0.25, -0.2) is 38.7 Å². The minimum atomic E-state index is -0.591. The molecule has 1 aliphatic rings. The van der Waals surface area contributed by atoms with Gasteiger partial charge < -0.3 is 49.5 Å². The Hall–Kier alpha value is -12.2. The van der Waals surface area contributed by atoms with Gasteiger partial charge in [-0.1, -0.05) is 12.1 Å². The number of halogens is 1. The molecular formula is C65H62FN19O7. The third-order valence-electron chi connectivity index (χ3n) is 14.1. The monoisotopic (exact) mass is 1240 g/mol. The van der Waals surface area contributed by atoms with Crippen LogP contribution < -0.4 is 42.2 Å². The number of aryl methyl sites for hydroxylation is 1. The molecule has 1 aliphatic carbocycles. The molecule has 0 saturated heterocycles. The number of anilines is 3. The number of fused-ring (bicyclic) bond motifs is 3. The topological polar surface area (TPSA) is 336 Å². The summed E-state index contributed by atoms with van der Waals surface area (Å²) in [6.45, 7) is 9.09. The summed E-state index contributed by atoms with van der Waals surface area (Å²) in [7, 11) is 1.71. The maximum Gasteiger partial charge on any atom is 0.413 e. The molecule has 0 radical (unpaired) electrons. The van der Waals surface area contributed by atoms with Crippen molar-refractivity contribution in [2.45, 2.75) is 46.6 Å². The summed E-state index contributed by atoms with van der Waals surface area (Å²) in [4.78, 5) is 105. The van der Waals surface area contributed by atoms with Gasteiger partial charge in [0.1, 0.15) is 40.3 Å². The molecule has 0 bridgehead atoms. The Kier molecular flexibility index (Phi) is 18.6. The first-order valence-electron chi connectivity index (χ1n) is 29.4. The molecule has 9 N–H and O–H groups in total. The minimum Gasteiger partial charge on any atom is -0.494 e. The number of rotatable bonds is 16. The summed E-state index contributed by atoms with van der Waals surface area (Å²) in [6.07, 6.45) is 14.8. The number of pyridine rings is 5. The van der Waals surface area contributed by atoms with E-state index in [9.17, 15) is 28.4 Å². The predicted octanol–water partition coefficient (Wildman–Crippen LogP) is 10.8. The lowest BCUT2D eigenvalue weighted by Gasteiger charge is -2.09. The van der Waals surface area contributed by atoms with Crippen LogP contribution in [0.4, 0.5) is 36.6 Å². The number of nitrogens with zero attached hydrogens (tertiary/aromatic N) is 10. The van der Waals surface area contributed by atoms with E-state index in [1.807, 2.05) is 99.6 Å². The predicted molar refractivity (Wildman–Crippen MR) is 347 cm³/mol. The molecule has 27 heteroatoms. The normalized spacial score (nSPS) is 11.6. The van der Waals surface area contributed by atoms with Crippen molar-refractivity contribution in [2.24, 2.45) is 7.05 Å². The Morgan fingerprint density at radius 3 is 1.89 bits per heavy atom. The second kappa shape index (κ2) is 27.9. The smallest absolute Gasteiger partial charge is 0.413 e. The number of hydrogen-bond donors (Lipinski definition) is 9. The second-order valence-corrected chi connectivity index (χ2v) is 20.7. The largest absolute Gasteiger partial charge is 0.494 e. The Morgan fingerprint density at radius 2 is 1.26 bits per heavy atom. The lowest BCUT2D eigenvalue weighted by molar-refractivity contribution is 0.0946. The maximum absolute atomic E-state index is 14.5. The zero-order chi connectivity index (χ0) is 64.3. The molecular weight excluding hydrogens is 1180 g/mol. The molecule has 9 aromatic heterocycles. The van der Waals surface area contributed by atoms with Crippen LogP contribution in [0.2, 0.25) is 0 Å². The molecule has 3 aromatic carbocycles. The zero-order valence-electron chi connectivity index (χ0n) is 50.5. The minimum absolute atomic E-state index is 0.108. The van der Waals surface area contributed by atoms with Crippen molar-refractivity contribution >= 4 is 75.0 Å². The Bertz CT molecular complexity index is 4710. The number of aromatic nitrogens is 13. The summed E-state index contributed by atoms with van der Waals surface area (Å²) in [5, 5.41) is 16.2. The van der Waals surface area contributed by atoms with Crippen molar-refractivity contribution in [2.75, 3.05) is 42.3 Å².